The standard InChI is InChI=1S/C20H16Cl2N2O3/c1-10-4-6-12-15(8-10)27-20(2,3)16-17(19(25)26)23-24(18(12)16)14-7-5-11(21)9-13(14)22/h4-9H,1-3H3,(H,25,26). The van der Waals surface area contributed by atoms with Crippen molar-refractivity contribution >= 4 is 29.2 Å². The van der Waals surface area contributed by atoms with E-state index in [1.807, 2.05) is 39.0 Å². The molecule has 3 aromatic rings. The largest absolute Gasteiger partial charge is 0.482 e. The third-order valence-corrected chi connectivity index (χ3v) is 5.12. The predicted octanol–water partition coefficient (Wildman–Crippen LogP) is 5.48. The van der Waals surface area contributed by atoms with Crippen molar-refractivity contribution in [2.45, 2.75) is 26.4 Å². The van der Waals surface area contributed by atoms with E-state index in [4.69, 9.17) is 27.9 Å². The highest BCUT2D eigenvalue weighted by molar-refractivity contribution is 6.35. The summed E-state index contributed by atoms with van der Waals surface area (Å²) < 4.78 is 7.71. The molecule has 1 aliphatic heterocycles. The number of aromatic nitrogens is 2. The molecule has 7 heteroatoms. The minimum atomic E-state index is -1.12. The zero-order valence-corrected chi connectivity index (χ0v) is 16.4. The molecule has 4 rings (SSSR count). The molecule has 27 heavy (non-hydrogen) atoms. The fraction of sp³-hybridized carbons (Fsp3) is 0.200. The summed E-state index contributed by atoms with van der Waals surface area (Å²) in [4.78, 5) is 11.9. The minimum Gasteiger partial charge on any atom is -0.482 e. The van der Waals surface area contributed by atoms with Crippen molar-refractivity contribution < 1.29 is 14.6 Å². The Morgan fingerprint density at radius 2 is 1.93 bits per heavy atom. The number of carboxylic acids is 1. The first-order valence-electron chi connectivity index (χ1n) is 8.31. The highest BCUT2D eigenvalue weighted by Gasteiger charge is 2.41. The van der Waals surface area contributed by atoms with E-state index in [9.17, 15) is 9.90 Å². The molecule has 2 aromatic carbocycles. The summed E-state index contributed by atoms with van der Waals surface area (Å²) in [5, 5.41) is 15.0. The summed E-state index contributed by atoms with van der Waals surface area (Å²) in [5.74, 6) is -0.446. The monoisotopic (exact) mass is 402 g/mol. The van der Waals surface area contributed by atoms with Gasteiger partial charge in [0, 0.05) is 10.6 Å². The lowest BCUT2D eigenvalue weighted by Gasteiger charge is -2.33. The Balaban J connectivity index is 2.12. The molecule has 0 aliphatic carbocycles. The highest BCUT2D eigenvalue weighted by Crippen LogP contribution is 2.48. The van der Waals surface area contributed by atoms with Gasteiger partial charge in [-0.3, -0.25) is 0 Å². The van der Waals surface area contributed by atoms with Crippen molar-refractivity contribution in [3.8, 4) is 22.7 Å². The predicted molar refractivity (Wildman–Crippen MR) is 104 cm³/mol. The van der Waals surface area contributed by atoms with Crippen LogP contribution in [0.1, 0.15) is 35.5 Å². The van der Waals surface area contributed by atoms with Crippen LogP contribution < -0.4 is 4.74 Å². The van der Waals surface area contributed by atoms with Crippen LogP contribution in [0.3, 0.4) is 0 Å². The van der Waals surface area contributed by atoms with Crippen LogP contribution in [0.15, 0.2) is 36.4 Å². The molecule has 2 heterocycles. The summed E-state index contributed by atoms with van der Waals surface area (Å²) >= 11 is 12.4. The molecule has 0 saturated carbocycles. The van der Waals surface area contributed by atoms with Gasteiger partial charge in [0.2, 0.25) is 0 Å². The summed E-state index contributed by atoms with van der Waals surface area (Å²) in [5.41, 5.74) is 2.59. The summed E-state index contributed by atoms with van der Waals surface area (Å²) in [6, 6.07) is 10.8. The van der Waals surface area contributed by atoms with Gasteiger partial charge in [-0.1, -0.05) is 29.3 Å². The number of aryl methyl sites for hydroxylation is 1. The lowest BCUT2D eigenvalue weighted by atomic mass is 9.88. The number of benzene rings is 2. The average molecular weight is 403 g/mol. The number of hydrogen-bond donors (Lipinski definition) is 1. The van der Waals surface area contributed by atoms with Crippen LogP contribution in [-0.4, -0.2) is 20.9 Å². The number of hydrogen-bond acceptors (Lipinski definition) is 3. The Morgan fingerprint density at radius 1 is 1.19 bits per heavy atom. The topological polar surface area (TPSA) is 64.3 Å². The number of halogens is 2. The van der Waals surface area contributed by atoms with Crippen LogP contribution in [0.2, 0.25) is 10.0 Å². The molecule has 1 aliphatic rings. The number of aromatic carboxylic acids is 1. The quantitative estimate of drug-likeness (QED) is 0.616. The first kappa shape index (κ1) is 17.9. The first-order chi connectivity index (χ1) is 12.7. The maximum atomic E-state index is 11.9. The van der Waals surface area contributed by atoms with Gasteiger partial charge in [-0.15, -0.1) is 0 Å². The zero-order valence-electron chi connectivity index (χ0n) is 14.9. The van der Waals surface area contributed by atoms with Crippen LogP contribution in [0.25, 0.3) is 16.9 Å². The Morgan fingerprint density at radius 3 is 2.59 bits per heavy atom. The molecular weight excluding hydrogens is 387 g/mol. The number of carbonyl (C=O) groups is 1. The number of ether oxygens (including phenoxy) is 1. The number of nitrogens with zero attached hydrogens (tertiary/aromatic N) is 2. The van der Waals surface area contributed by atoms with E-state index in [1.165, 1.54) is 0 Å². The van der Waals surface area contributed by atoms with Crippen molar-refractivity contribution in [1.82, 2.24) is 9.78 Å². The van der Waals surface area contributed by atoms with E-state index in [0.717, 1.165) is 11.1 Å². The van der Waals surface area contributed by atoms with Crippen LogP contribution in [0, 0.1) is 6.92 Å². The SMILES string of the molecule is Cc1ccc2c(c1)OC(C)(C)c1c(C(=O)O)nn(-c3ccc(Cl)cc3Cl)c1-2. The van der Waals surface area contributed by atoms with Crippen molar-refractivity contribution in [2.75, 3.05) is 0 Å². The molecular formula is C20H16Cl2N2O3. The highest BCUT2D eigenvalue weighted by atomic mass is 35.5. The molecule has 0 bridgehead atoms. The van der Waals surface area contributed by atoms with Gasteiger partial charge < -0.3 is 9.84 Å². The van der Waals surface area contributed by atoms with Crippen LogP contribution >= 0.6 is 23.2 Å². The lowest BCUT2D eigenvalue weighted by molar-refractivity contribution is 0.0664. The van der Waals surface area contributed by atoms with E-state index in [0.29, 0.717) is 32.7 Å². The Kier molecular flexibility index (Phi) is 3.98. The maximum Gasteiger partial charge on any atom is 0.356 e. The molecule has 0 spiro atoms. The summed E-state index contributed by atoms with van der Waals surface area (Å²) in [6.07, 6.45) is 0. The van der Waals surface area contributed by atoms with Crippen molar-refractivity contribution in [3.63, 3.8) is 0 Å². The fourth-order valence-corrected chi connectivity index (χ4v) is 3.94. The molecule has 1 aromatic heterocycles. The zero-order chi connectivity index (χ0) is 19.5. The maximum absolute atomic E-state index is 11.9. The van der Waals surface area contributed by atoms with Crippen LogP contribution in [-0.2, 0) is 5.60 Å². The molecule has 0 saturated heterocycles. The smallest absolute Gasteiger partial charge is 0.356 e. The molecule has 0 amide bonds. The van der Waals surface area contributed by atoms with Gasteiger partial charge in [-0.2, -0.15) is 5.10 Å². The first-order valence-corrected chi connectivity index (χ1v) is 9.07. The molecule has 0 atom stereocenters. The van der Waals surface area contributed by atoms with E-state index >= 15 is 0 Å². The van der Waals surface area contributed by atoms with E-state index in [-0.39, 0.29) is 5.69 Å². The van der Waals surface area contributed by atoms with Crippen molar-refractivity contribution in [1.29, 1.82) is 0 Å². The Labute approximate surface area is 166 Å². The lowest BCUT2D eigenvalue weighted by Crippen LogP contribution is -2.31. The van der Waals surface area contributed by atoms with Crippen molar-refractivity contribution in [2.24, 2.45) is 0 Å². The number of rotatable bonds is 2. The number of fused-ring (bicyclic) bond motifs is 3. The normalized spacial score (nSPS) is 14.3. The average Bonchev–Trinajstić information content (AvgIpc) is 2.96. The van der Waals surface area contributed by atoms with E-state index < -0.39 is 11.6 Å². The summed E-state index contributed by atoms with van der Waals surface area (Å²) in [7, 11) is 0. The van der Waals surface area contributed by atoms with Gasteiger partial charge in [0.1, 0.15) is 11.4 Å². The van der Waals surface area contributed by atoms with Crippen LogP contribution in [0.5, 0.6) is 5.75 Å². The van der Waals surface area contributed by atoms with Crippen LogP contribution in [0.4, 0.5) is 0 Å². The molecule has 1 N–H and O–H groups in total. The summed E-state index contributed by atoms with van der Waals surface area (Å²) in [6.45, 7) is 5.64. The van der Waals surface area contributed by atoms with Gasteiger partial charge >= 0.3 is 5.97 Å². The molecule has 5 nitrogen and oxygen atoms in total. The fourth-order valence-electron chi connectivity index (χ4n) is 3.45. The second-order valence-corrected chi connectivity index (χ2v) is 7.84. The number of carboxylic acid groups (broad SMARTS) is 1. The minimum absolute atomic E-state index is 0.0627. The Bertz CT molecular complexity index is 1100. The third-order valence-electron chi connectivity index (χ3n) is 4.59. The molecule has 0 radical (unpaired) electrons. The third kappa shape index (κ3) is 2.78. The second-order valence-electron chi connectivity index (χ2n) is 7.00. The van der Waals surface area contributed by atoms with Gasteiger partial charge in [0.05, 0.1) is 22.0 Å². The van der Waals surface area contributed by atoms with Gasteiger partial charge in [0.25, 0.3) is 0 Å². The molecule has 0 unspecified atom stereocenters. The Hall–Kier alpha value is -2.50. The van der Waals surface area contributed by atoms with Crippen molar-refractivity contribution in [3.05, 3.63) is 63.3 Å². The second kappa shape index (κ2) is 6.01. The van der Waals surface area contributed by atoms with E-state index in [1.54, 1.807) is 22.9 Å². The van der Waals surface area contributed by atoms with Gasteiger partial charge in [0.15, 0.2) is 5.69 Å². The molecule has 138 valence electrons. The van der Waals surface area contributed by atoms with Gasteiger partial charge in [-0.05, 0) is 56.7 Å². The molecule has 0 fully saturated rings. The van der Waals surface area contributed by atoms with E-state index in [2.05, 4.69) is 5.10 Å². The van der Waals surface area contributed by atoms with Gasteiger partial charge in [-0.25, -0.2) is 9.48 Å².